The summed E-state index contributed by atoms with van der Waals surface area (Å²) in [7, 11) is 0.680. The number of hydrogen-bond acceptors (Lipinski definition) is 5. The molecular weight excluding hydrogens is 374 g/mol. The van der Waals surface area contributed by atoms with Crippen LogP contribution in [0.5, 0.6) is 5.75 Å². The molecule has 1 heterocycles. The molecule has 28 heavy (non-hydrogen) atoms. The van der Waals surface area contributed by atoms with Crippen LogP contribution < -0.4 is 10.1 Å². The minimum absolute atomic E-state index is 0.138. The van der Waals surface area contributed by atoms with Crippen molar-refractivity contribution in [1.82, 2.24) is 9.55 Å². The van der Waals surface area contributed by atoms with Crippen LogP contribution in [0.1, 0.15) is 37.6 Å². The van der Waals surface area contributed by atoms with Crippen LogP contribution in [0.15, 0.2) is 24.8 Å². The van der Waals surface area contributed by atoms with Gasteiger partial charge in [0.15, 0.2) is 0 Å². The predicted molar refractivity (Wildman–Crippen MR) is 120 cm³/mol. The lowest BCUT2D eigenvalue weighted by Gasteiger charge is -2.43. The van der Waals surface area contributed by atoms with Crippen molar-refractivity contribution >= 4 is 33.6 Å². The molecule has 0 amide bonds. The van der Waals surface area contributed by atoms with Crippen molar-refractivity contribution in [2.75, 3.05) is 38.1 Å². The van der Waals surface area contributed by atoms with Gasteiger partial charge in [-0.25, -0.2) is 4.98 Å². The van der Waals surface area contributed by atoms with Crippen LogP contribution in [-0.2, 0) is 10.7 Å². The SMILES string of the molecule is C=CCn1c(NC)nc2cc(C=O)cc(OCCCOS(C)(C)C(C)(C)C)c21. The van der Waals surface area contributed by atoms with Gasteiger partial charge in [0.2, 0.25) is 5.95 Å². The number of nitrogens with zero attached hydrogens (tertiary/aromatic N) is 2. The van der Waals surface area contributed by atoms with Crippen molar-refractivity contribution in [2.24, 2.45) is 0 Å². The lowest BCUT2D eigenvalue weighted by Crippen LogP contribution is -2.25. The second-order valence-electron chi connectivity index (χ2n) is 7.96. The number of rotatable bonds is 10. The molecule has 0 aliphatic carbocycles. The Kier molecular flexibility index (Phi) is 7.17. The highest BCUT2D eigenvalue weighted by Crippen LogP contribution is 2.53. The first-order valence-electron chi connectivity index (χ1n) is 9.42. The molecule has 1 N–H and O–H groups in total. The van der Waals surface area contributed by atoms with Gasteiger partial charge in [0, 0.05) is 30.3 Å². The number of ether oxygens (including phenoxy) is 1. The number of carbonyl (C=O) groups excluding carboxylic acids is 1. The standard InChI is InChI=1S/C21H33N3O3S/c1-8-10-24-19-17(23-20(24)22-5)13-16(15-25)14-18(19)26-11-9-12-27-28(6,7)21(2,3)4/h8,13-15H,1,9-12H2,2-7H3,(H,22,23). The molecule has 1 aromatic carbocycles. The van der Waals surface area contributed by atoms with E-state index in [1.807, 2.05) is 17.7 Å². The zero-order valence-electron chi connectivity index (χ0n) is 17.9. The molecule has 0 saturated heterocycles. The highest BCUT2D eigenvalue weighted by atomic mass is 32.3. The minimum atomic E-state index is -1.14. The number of aromatic nitrogens is 2. The topological polar surface area (TPSA) is 65.4 Å². The van der Waals surface area contributed by atoms with Crippen LogP contribution >= 0.6 is 10.3 Å². The molecule has 0 atom stereocenters. The van der Waals surface area contributed by atoms with Crippen molar-refractivity contribution in [3.63, 3.8) is 0 Å². The third-order valence-corrected chi connectivity index (χ3v) is 8.60. The van der Waals surface area contributed by atoms with Gasteiger partial charge >= 0.3 is 0 Å². The molecule has 0 aliphatic heterocycles. The molecule has 0 unspecified atom stereocenters. The summed E-state index contributed by atoms with van der Waals surface area (Å²) in [5.41, 5.74) is 2.12. The molecular formula is C21H33N3O3S. The highest BCUT2D eigenvalue weighted by molar-refractivity contribution is 8.29. The Labute approximate surface area is 169 Å². The zero-order valence-corrected chi connectivity index (χ0v) is 18.7. The van der Waals surface area contributed by atoms with Gasteiger partial charge < -0.3 is 18.8 Å². The zero-order chi connectivity index (χ0) is 20.9. The summed E-state index contributed by atoms with van der Waals surface area (Å²) in [6.07, 6.45) is 7.78. The molecule has 156 valence electrons. The van der Waals surface area contributed by atoms with Crippen molar-refractivity contribution < 1.29 is 13.7 Å². The highest BCUT2D eigenvalue weighted by Gasteiger charge is 2.28. The number of fused-ring (bicyclic) bond motifs is 1. The second kappa shape index (κ2) is 9.01. The summed E-state index contributed by atoms with van der Waals surface area (Å²) in [5.74, 6) is 1.36. The van der Waals surface area contributed by atoms with Crippen molar-refractivity contribution in [3.05, 3.63) is 30.4 Å². The monoisotopic (exact) mass is 407 g/mol. The maximum Gasteiger partial charge on any atom is 0.204 e. The largest absolute Gasteiger partial charge is 0.491 e. The summed E-state index contributed by atoms with van der Waals surface area (Å²) in [5, 5.41) is 3.08. The van der Waals surface area contributed by atoms with E-state index in [4.69, 9.17) is 8.92 Å². The number of anilines is 1. The Morgan fingerprint density at radius 3 is 2.57 bits per heavy atom. The van der Waals surface area contributed by atoms with E-state index in [-0.39, 0.29) is 4.75 Å². The molecule has 0 aliphatic rings. The van der Waals surface area contributed by atoms with Crippen LogP contribution in [0, 0.1) is 0 Å². The van der Waals surface area contributed by atoms with E-state index < -0.39 is 10.3 Å². The third kappa shape index (κ3) is 4.89. The number of carbonyl (C=O) groups is 1. The summed E-state index contributed by atoms with van der Waals surface area (Å²) in [4.78, 5) is 15.9. The van der Waals surface area contributed by atoms with Gasteiger partial charge in [-0.1, -0.05) is 26.8 Å². The maximum absolute atomic E-state index is 11.3. The van der Waals surface area contributed by atoms with Gasteiger partial charge in [-0.2, -0.15) is 0 Å². The van der Waals surface area contributed by atoms with E-state index in [1.165, 1.54) is 0 Å². The Morgan fingerprint density at radius 1 is 1.29 bits per heavy atom. The predicted octanol–water partition coefficient (Wildman–Crippen LogP) is 4.64. The van der Waals surface area contributed by atoms with Gasteiger partial charge in [-0.3, -0.25) is 4.79 Å². The Balaban J connectivity index is 2.16. The third-order valence-electron chi connectivity index (χ3n) is 4.90. The molecule has 1 aromatic heterocycles. The fourth-order valence-electron chi connectivity index (χ4n) is 2.61. The number of nitrogens with one attached hydrogen (secondary N) is 1. The molecule has 0 saturated carbocycles. The normalized spacial score (nSPS) is 12.8. The van der Waals surface area contributed by atoms with Gasteiger partial charge in [0.05, 0.1) is 18.7 Å². The minimum Gasteiger partial charge on any atom is -0.491 e. The van der Waals surface area contributed by atoms with E-state index in [0.717, 1.165) is 23.7 Å². The molecule has 2 aromatic rings. The maximum atomic E-state index is 11.3. The molecule has 7 heteroatoms. The number of hydrogen-bond donors (Lipinski definition) is 1. The van der Waals surface area contributed by atoms with Crippen LogP contribution in [-0.4, -0.2) is 53.4 Å². The number of allylic oxidation sites excluding steroid dienone is 1. The van der Waals surface area contributed by atoms with E-state index in [1.54, 1.807) is 12.1 Å². The van der Waals surface area contributed by atoms with Gasteiger partial charge in [0.25, 0.3) is 0 Å². The molecule has 0 fully saturated rings. The molecule has 0 radical (unpaired) electrons. The summed E-state index contributed by atoms with van der Waals surface area (Å²) < 4.78 is 14.3. The summed E-state index contributed by atoms with van der Waals surface area (Å²) >= 11 is 0. The first-order chi connectivity index (χ1) is 13.1. The average molecular weight is 408 g/mol. The molecule has 0 bridgehead atoms. The van der Waals surface area contributed by atoms with E-state index in [0.29, 0.717) is 37.0 Å². The van der Waals surface area contributed by atoms with Gasteiger partial charge in [-0.05, 0) is 24.6 Å². The first kappa shape index (κ1) is 22.3. The Morgan fingerprint density at radius 2 is 2.00 bits per heavy atom. The van der Waals surface area contributed by atoms with E-state index >= 15 is 0 Å². The van der Waals surface area contributed by atoms with Crippen LogP contribution in [0.4, 0.5) is 5.95 Å². The summed E-state index contributed by atoms with van der Waals surface area (Å²) in [6, 6.07) is 3.54. The van der Waals surface area contributed by atoms with Crippen LogP contribution in [0.2, 0.25) is 0 Å². The fraction of sp³-hybridized carbons (Fsp3) is 0.524. The quantitative estimate of drug-likeness (QED) is 0.353. The lowest BCUT2D eigenvalue weighted by atomic mass is 10.2. The smallest absolute Gasteiger partial charge is 0.204 e. The van der Waals surface area contributed by atoms with Crippen molar-refractivity contribution in [2.45, 2.75) is 38.5 Å². The van der Waals surface area contributed by atoms with Crippen LogP contribution in [0.25, 0.3) is 11.0 Å². The van der Waals surface area contributed by atoms with Gasteiger partial charge in [0.1, 0.15) is 17.6 Å². The van der Waals surface area contributed by atoms with Gasteiger partial charge in [-0.15, -0.1) is 16.9 Å². The Bertz CT molecular complexity index is 838. The van der Waals surface area contributed by atoms with Crippen molar-refractivity contribution in [3.8, 4) is 5.75 Å². The number of aldehydes is 1. The fourth-order valence-corrected chi connectivity index (χ4v) is 3.50. The summed E-state index contributed by atoms with van der Waals surface area (Å²) in [6.45, 7) is 12.2. The van der Waals surface area contributed by atoms with Crippen molar-refractivity contribution in [1.29, 1.82) is 0 Å². The molecule has 6 nitrogen and oxygen atoms in total. The van der Waals surface area contributed by atoms with Crippen LogP contribution in [0.3, 0.4) is 0 Å². The van der Waals surface area contributed by atoms with E-state index in [9.17, 15) is 4.79 Å². The van der Waals surface area contributed by atoms with E-state index in [2.05, 4.69) is 50.2 Å². The second-order valence-corrected chi connectivity index (χ2v) is 11.9. The lowest BCUT2D eigenvalue weighted by molar-refractivity contribution is 0.112. The molecule has 2 rings (SSSR count). The average Bonchev–Trinajstić information content (AvgIpc) is 2.98. The number of benzene rings is 1. The Hall–Kier alpha value is -1.99. The molecule has 0 spiro atoms. The first-order valence-corrected chi connectivity index (χ1v) is 11.8. The number of imidazole rings is 1.